The number of carbonyl (C=O) groups is 3. The molecule has 262 valence electrons. The zero-order valence-corrected chi connectivity index (χ0v) is 29.2. The van der Waals surface area contributed by atoms with E-state index >= 15 is 0 Å². The Morgan fingerprint density at radius 1 is 0.854 bits per heavy atom. The van der Waals surface area contributed by atoms with Gasteiger partial charge in [0.2, 0.25) is 0 Å². The smallest absolute Gasteiger partial charge is 0.305 e. The third-order valence-corrected chi connectivity index (χ3v) is 9.87. The second kappa shape index (κ2) is 18.3. The van der Waals surface area contributed by atoms with Crippen molar-refractivity contribution < 1.29 is 38.1 Å². The van der Waals surface area contributed by atoms with Gasteiger partial charge in [0.25, 0.3) is 0 Å². The topological polar surface area (TPSA) is 97.4 Å². The van der Waals surface area contributed by atoms with Gasteiger partial charge >= 0.3 is 17.9 Å². The van der Waals surface area contributed by atoms with Crippen molar-refractivity contribution in [3.05, 3.63) is 83.9 Å². The molecular formula is C40H54O8. The number of ether oxygens (including phenoxy) is 5. The SMILES string of the molecule is CCCCC[C@@H](C=C[C@@H]1[C@@H](CCCCCCC(=O)OC)C2(C[C@H]1OC(C)=O)OCC(c1ccccc1)(c1ccccc1)CO2)OC(C)=O. The van der Waals surface area contributed by atoms with E-state index < -0.39 is 17.3 Å². The average Bonchev–Trinajstić information content (AvgIpc) is 3.36. The van der Waals surface area contributed by atoms with Crippen LogP contribution in [-0.2, 0) is 43.5 Å². The Bertz CT molecular complexity index is 1270. The molecule has 1 spiro atoms. The first kappa shape index (κ1) is 37.3. The maximum Gasteiger partial charge on any atom is 0.305 e. The van der Waals surface area contributed by atoms with Gasteiger partial charge in [-0.05, 0) is 42.9 Å². The summed E-state index contributed by atoms with van der Waals surface area (Å²) in [6.45, 7) is 5.84. The summed E-state index contributed by atoms with van der Waals surface area (Å²) in [7, 11) is 1.42. The molecule has 1 aliphatic heterocycles. The van der Waals surface area contributed by atoms with Crippen molar-refractivity contribution in [3.63, 3.8) is 0 Å². The molecule has 2 aromatic rings. The van der Waals surface area contributed by atoms with Gasteiger partial charge in [-0.3, -0.25) is 14.4 Å². The van der Waals surface area contributed by atoms with Crippen LogP contribution in [0, 0.1) is 11.8 Å². The van der Waals surface area contributed by atoms with E-state index in [1.54, 1.807) is 0 Å². The molecule has 4 rings (SSSR count). The number of methoxy groups -OCH3 is 1. The van der Waals surface area contributed by atoms with E-state index in [9.17, 15) is 14.4 Å². The number of carbonyl (C=O) groups excluding carboxylic acids is 3. The molecule has 2 fully saturated rings. The normalized spacial score (nSPS) is 22.0. The molecule has 48 heavy (non-hydrogen) atoms. The first-order chi connectivity index (χ1) is 23.2. The van der Waals surface area contributed by atoms with Gasteiger partial charge in [-0.1, -0.05) is 106 Å². The van der Waals surface area contributed by atoms with Crippen LogP contribution in [-0.4, -0.2) is 56.2 Å². The lowest BCUT2D eigenvalue weighted by molar-refractivity contribution is -0.304. The van der Waals surface area contributed by atoms with Crippen molar-refractivity contribution in [2.45, 2.75) is 115 Å². The van der Waals surface area contributed by atoms with Gasteiger partial charge in [0.15, 0.2) is 5.79 Å². The minimum Gasteiger partial charge on any atom is -0.469 e. The van der Waals surface area contributed by atoms with Crippen LogP contribution in [0.15, 0.2) is 72.8 Å². The van der Waals surface area contributed by atoms with Gasteiger partial charge in [0.1, 0.15) is 12.2 Å². The van der Waals surface area contributed by atoms with Crippen LogP contribution in [0.4, 0.5) is 0 Å². The number of hydrogen-bond acceptors (Lipinski definition) is 8. The van der Waals surface area contributed by atoms with Crippen LogP contribution in [0.5, 0.6) is 0 Å². The van der Waals surface area contributed by atoms with Crippen molar-refractivity contribution in [3.8, 4) is 0 Å². The maximum absolute atomic E-state index is 12.4. The Hall–Kier alpha value is -3.49. The van der Waals surface area contributed by atoms with Crippen molar-refractivity contribution in [1.82, 2.24) is 0 Å². The molecule has 2 aliphatic rings. The first-order valence-corrected chi connectivity index (χ1v) is 17.7. The fraction of sp³-hybridized carbons (Fsp3) is 0.575. The molecule has 1 saturated heterocycles. The Morgan fingerprint density at radius 2 is 1.48 bits per heavy atom. The summed E-state index contributed by atoms with van der Waals surface area (Å²) in [6.07, 6.45) is 12.1. The van der Waals surface area contributed by atoms with Gasteiger partial charge in [0.05, 0.1) is 25.7 Å². The summed E-state index contributed by atoms with van der Waals surface area (Å²) in [5.41, 5.74) is 1.74. The van der Waals surface area contributed by atoms with E-state index in [0.717, 1.165) is 68.9 Å². The maximum atomic E-state index is 12.4. The molecule has 8 nitrogen and oxygen atoms in total. The van der Waals surface area contributed by atoms with Crippen LogP contribution in [0.3, 0.4) is 0 Å². The second-order valence-electron chi connectivity index (χ2n) is 13.3. The van der Waals surface area contributed by atoms with E-state index in [4.69, 9.17) is 23.7 Å². The van der Waals surface area contributed by atoms with E-state index in [0.29, 0.717) is 26.1 Å². The van der Waals surface area contributed by atoms with Crippen LogP contribution in [0.2, 0.25) is 0 Å². The lowest BCUT2D eigenvalue weighted by Gasteiger charge is -2.48. The number of hydrogen-bond donors (Lipinski definition) is 0. The van der Waals surface area contributed by atoms with E-state index in [2.05, 4.69) is 37.3 Å². The highest BCUT2D eigenvalue weighted by atomic mass is 16.7. The van der Waals surface area contributed by atoms with Gasteiger partial charge in [-0.25, -0.2) is 0 Å². The van der Waals surface area contributed by atoms with Crippen molar-refractivity contribution in [1.29, 1.82) is 0 Å². The molecule has 0 N–H and O–H groups in total. The van der Waals surface area contributed by atoms with Crippen molar-refractivity contribution in [2.75, 3.05) is 20.3 Å². The fourth-order valence-electron chi connectivity index (χ4n) is 7.39. The summed E-state index contributed by atoms with van der Waals surface area (Å²) in [4.78, 5) is 36.0. The Morgan fingerprint density at radius 3 is 2.04 bits per heavy atom. The lowest BCUT2D eigenvalue weighted by atomic mass is 9.74. The molecule has 0 amide bonds. The summed E-state index contributed by atoms with van der Waals surface area (Å²) < 4.78 is 30.5. The number of esters is 3. The summed E-state index contributed by atoms with van der Waals surface area (Å²) >= 11 is 0. The standard InChI is InChI=1S/C40H54O8/c1-5-6-11-22-34(47-30(2)41)25-26-35-36(23-16-7-8-17-24-38(43)44-4)40(27-37(35)48-31(3)42)45-28-39(29-46-40,32-18-12-9-13-19-32)33-20-14-10-15-21-33/h9-10,12-15,18-21,25-26,34-37H,5-8,11,16-17,22-24,27-29H2,1-4H3/t34-,35+,36+,37+/m0/s1. The van der Waals surface area contributed by atoms with Crippen molar-refractivity contribution in [2.24, 2.45) is 11.8 Å². The van der Waals surface area contributed by atoms with Crippen LogP contribution < -0.4 is 0 Å². The van der Waals surface area contributed by atoms with Crippen LogP contribution in [0.25, 0.3) is 0 Å². The molecule has 1 aliphatic carbocycles. The first-order valence-electron chi connectivity index (χ1n) is 17.7. The third-order valence-electron chi connectivity index (χ3n) is 9.87. The number of unbranched alkanes of at least 4 members (excludes halogenated alkanes) is 5. The minimum atomic E-state index is -0.965. The van der Waals surface area contributed by atoms with Gasteiger partial charge in [0, 0.05) is 38.5 Å². The summed E-state index contributed by atoms with van der Waals surface area (Å²) in [6, 6.07) is 20.7. The number of rotatable bonds is 17. The quantitative estimate of drug-likeness (QED) is 0.0731. The third kappa shape index (κ3) is 9.79. The van der Waals surface area contributed by atoms with E-state index in [1.165, 1.54) is 21.0 Å². The molecule has 0 bridgehead atoms. The molecule has 0 aromatic heterocycles. The molecule has 8 heteroatoms. The zero-order chi connectivity index (χ0) is 34.4. The fourth-order valence-corrected chi connectivity index (χ4v) is 7.39. The highest BCUT2D eigenvalue weighted by Gasteiger charge is 2.59. The number of benzene rings is 2. The highest BCUT2D eigenvalue weighted by Crippen LogP contribution is 2.52. The van der Waals surface area contributed by atoms with Gasteiger partial charge in [-0.15, -0.1) is 0 Å². The Kier molecular flexibility index (Phi) is 14.2. The second-order valence-corrected chi connectivity index (χ2v) is 13.3. The predicted octanol–water partition coefficient (Wildman–Crippen LogP) is 7.87. The molecule has 2 aromatic carbocycles. The monoisotopic (exact) mass is 662 g/mol. The van der Waals surface area contributed by atoms with E-state index in [-0.39, 0.29) is 35.8 Å². The Balaban J connectivity index is 1.63. The molecule has 1 saturated carbocycles. The molecule has 4 atom stereocenters. The van der Waals surface area contributed by atoms with Crippen molar-refractivity contribution >= 4 is 17.9 Å². The summed E-state index contributed by atoms with van der Waals surface area (Å²) in [5.74, 6) is -2.14. The lowest BCUT2D eigenvalue weighted by Crippen LogP contribution is -2.54. The molecule has 1 heterocycles. The predicted molar refractivity (Wildman–Crippen MR) is 184 cm³/mol. The van der Waals surface area contributed by atoms with Crippen LogP contribution >= 0.6 is 0 Å². The van der Waals surface area contributed by atoms with Crippen LogP contribution in [0.1, 0.15) is 103 Å². The largest absolute Gasteiger partial charge is 0.469 e. The highest BCUT2D eigenvalue weighted by molar-refractivity contribution is 5.69. The van der Waals surface area contributed by atoms with Gasteiger partial charge < -0.3 is 23.7 Å². The van der Waals surface area contributed by atoms with Gasteiger partial charge in [-0.2, -0.15) is 0 Å². The van der Waals surface area contributed by atoms with E-state index in [1.807, 2.05) is 42.5 Å². The zero-order valence-electron chi connectivity index (χ0n) is 29.2. The molecule has 0 unspecified atom stereocenters. The molecular weight excluding hydrogens is 608 g/mol. The molecule has 0 radical (unpaired) electrons. The summed E-state index contributed by atoms with van der Waals surface area (Å²) in [5, 5.41) is 0. The minimum absolute atomic E-state index is 0.114. The average molecular weight is 663 g/mol. The Labute approximate surface area is 286 Å².